The molecule has 2 rings (SSSR count). The van der Waals surface area contributed by atoms with E-state index >= 15 is 0 Å². The minimum atomic E-state index is 0.134. The van der Waals surface area contributed by atoms with Crippen molar-refractivity contribution < 1.29 is 0 Å². The standard InChI is InChI=1S/C14H19N3/c1-14(2,3)15-9-12-10-16-17(11-12)13-7-5-4-6-8-13/h4-8,10-11,15H,9H2,1-3H3. The second-order valence-electron chi connectivity index (χ2n) is 5.23. The van der Waals surface area contributed by atoms with Crippen LogP contribution in [0.2, 0.25) is 0 Å². The van der Waals surface area contributed by atoms with Gasteiger partial charge in [-0.05, 0) is 32.9 Å². The van der Waals surface area contributed by atoms with Gasteiger partial charge in [-0.1, -0.05) is 18.2 Å². The maximum Gasteiger partial charge on any atom is 0.0645 e. The maximum atomic E-state index is 4.36. The summed E-state index contributed by atoms with van der Waals surface area (Å²) in [5, 5.41) is 7.81. The van der Waals surface area contributed by atoms with Crippen LogP contribution < -0.4 is 5.32 Å². The van der Waals surface area contributed by atoms with E-state index in [0.717, 1.165) is 12.2 Å². The van der Waals surface area contributed by atoms with Crippen molar-refractivity contribution in [3.8, 4) is 5.69 Å². The molecule has 3 nitrogen and oxygen atoms in total. The third kappa shape index (κ3) is 3.43. The first kappa shape index (κ1) is 11.9. The van der Waals surface area contributed by atoms with Crippen LogP contribution in [0.25, 0.3) is 5.69 Å². The molecule has 3 heteroatoms. The van der Waals surface area contributed by atoms with Crippen LogP contribution in [-0.4, -0.2) is 15.3 Å². The van der Waals surface area contributed by atoms with Gasteiger partial charge in [0.05, 0.1) is 11.9 Å². The van der Waals surface area contributed by atoms with Crippen molar-refractivity contribution in [2.75, 3.05) is 0 Å². The number of rotatable bonds is 3. The van der Waals surface area contributed by atoms with Crippen molar-refractivity contribution in [1.29, 1.82) is 0 Å². The van der Waals surface area contributed by atoms with Gasteiger partial charge in [0.2, 0.25) is 0 Å². The molecule has 0 amide bonds. The van der Waals surface area contributed by atoms with E-state index in [0.29, 0.717) is 0 Å². The van der Waals surface area contributed by atoms with Crippen molar-refractivity contribution in [2.24, 2.45) is 0 Å². The Labute approximate surface area is 102 Å². The number of hydrogen-bond acceptors (Lipinski definition) is 2. The van der Waals surface area contributed by atoms with Gasteiger partial charge in [0.25, 0.3) is 0 Å². The largest absolute Gasteiger partial charge is 0.308 e. The average molecular weight is 229 g/mol. The first-order valence-corrected chi connectivity index (χ1v) is 5.89. The maximum absolute atomic E-state index is 4.36. The van der Waals surface area contributed by atoms with Crippen molar-refractivity contribution in [1.82, 2.24) is 15.1 Å². The van der Waals surface area contributed by atoms with Gasteiger partial charge in [-0.2, -0.15) is 5.10 Å². The number of nitrogens with zero attached hydrogens (tertiary/aromatic N) is 2. The molecule has 0 bridgehead atoms. The number of hydrogen-bond donors (Lipinski definition) is 1. The molecule has 0 aliphatic rings. The Bertz CT molecular complexity index is 466. The van der Waals surface area contributed by atoms with E-state index in [1.165, 1.54) is 5.56 Å². The van der Waals surface area contributed by atoms with Crippen LogP contribution >= 0.6 is 0 Å². The Balaban J connectivity index is 2.07. The highest BCUT2D eigenvalue weighted by Crippen LogP contribution is 2.08. The van der Waals surface area contributed by atoms with E-state index in [4.69, 9.17) is 0 Å². The van der Waals surface area contributed by atoms with Crippen molar-refractivity contribution in [3.63, 3.8) is 0 Å². The lowest BCUT2D eigenvalue weighted by atomic mass is 10.1. The fraction of sp³-hybridized carbons (Fsp3) is 0.357. The number of para-hydroxylation sites is 1. The average Bonchev–Trinajstić information content (AvgIpc) is 2.75. The first-order chi connectivity index (χ1) is 8.04. The molecule has 2 aromatic rings. The predicted octanol–water partition coefficient (Wildman–Crippen LogP) is 2.76. The van der Waals surface area contributed by atoms with Crippen LogP contribution in [0.3, 0.4) is 0 Å². The van der Waals surface area contributed by atoms with Gasteiger partial charge in [0, 0.05) is 23.8 Å². The van der Waals surface area contributed by atoms with E-state index < -0.39 is 0 Å². The zero-order valence-corrected chi connectivity index (χ0v) is 10.6. The van der Waals surface area contributed by atoms with Crippen LogP contribution in [-0.2, 0) is 6.54 Å². The second kappa shape index (κ2) is 4.72. The van der Waals surface area contributed by atoms with Crippen LogP contribution in [0.15, 0.2) is 42.7 Å². The highest BCUT2D eigenvalue weighted by Gasteiger charge is 2.09. The van der Waals surface area contributed by atoms with E-state index in [9.17, 15) is 0 Å². The van der Waals surface area contributed by atoms with Gasteiger partial charge < -0.3 is 5.32 Å². The summed E-state index contributed by atoms with van der Waals surface area (Å²) >= 11 is 0. The van der Waals surface area contributed by atoms with E-state index in [2.05, 4.69) is 37.4 Å². The normalized spacial score (nSPS) is 11.7. The van der Waals surface area contributed by atoms with E-state index in [1.54, 1.807) is 0 Å². The van der Waals surface area contributed by atoms with Crippen molar-refractivity contribution in [3.05, 3.63) is 48.3 Å². The molecule has 17 heavy (non-hydrogen) atoms. The Morgan fingerprint density at radius 1 is 1.18 bits per heavy atom. The predicted molar refractivity (Wildman–Crippen MR) is 70.2 cm³/mol. The lowest BCUT2D eigenvalue weighted by molar-refractivity contribution is 0.424. The van der Waals surface area contributed by atoms with Crippen LogP contribution in [0.4, 0.5) is 0 Å². The number of benzene rings is 1. The summed E-state index contributed by atoms with van der Waals surface area (Å²) in [4.78, 5) is 0. The van der Waals surface area contributed by atoms with Crippen LogP contribution in [0.1, 0.15) is 26.3 Å². The molecule has 1 aromatic carbocycles. The summed E-state index contributed by atoms with van der Waals surface area (Å²) in [6.07, 6.45) is 3.97. The smallest absolute Gasteiger partial charge is 0.0645 e. The molecule has 1 aromatic heterocycles. The molecule has 0 aliphatic carbocycles. The Morgan fingerprint density at radius 2 is 1.88 bits per heavy atom. The summed E-state index contributed by atoms with van der Waals surface area (Å²) in [5.74, 6) is 0. The highest BCUT2D eigenvalue weighted by molar-refractivity contribution is 5.30. The lowest BCUT2D eigenvalue weighted by Crippen LogP contribution is -2.34. The minimum absolute atomic E-state index is 0.134. The molecule has 1 heterocycles. The monoisotopic (exact) mass is 229 g/mol. The van der Waals surface area contributed by atoms with Crippen molar-refractivity contribution in [2.45, 2.75) is 32.9 Å². The fourth-order valence-electron chi connectivity index (χ4n) is 1.54. The summed E-state index contributed by atoms with van der Waals surface area (Å²) in [6.45, 7) is 7.33. The van der Waals surface area contributed by atoms with Gasteiger partial charge in [-0.25, -0.2) is 4.68 Å². The summed E-state index contributed by atoms with van der Waals surface area (Å²) in [5.41, 5.74) is 2.42. The van der Waals surface area contributed by atoms with Gasteiger partial charge in [-0.15, -0.1) is 0 Å². The number of aromatic nitrogens is 2. The van der Waals surface area contributed by atoms with Gasteiger partial charge in [0.15, 0.2) is 0 Å². The molecule has 0 saturated heterocycles. The van der Waals surface area contributed by atoms with Gasteiger partial charge in [0.1, 0.15) is 0 Å². The fourth-order valence-corrected chi connectivity index (χ4v) is 1.54. The summed E-state index contributed by atoms with van der Waals surface area (Å²) < 4.78 is 1.90. The molecular formula is C14H19N3. The molecule has 0 radical (unpaired) electrons. The first-order valence-electron chi connectivity index (χ1n) is 5.89. The van der Waals surface area contributed by atoms with Gasteiger partial charge >= 0.3 is 0 Å². The zero-order chi connectivity index (χ0) is 12.3. The third-order valence-electron chi connectivity index (χ3n) is 2.48. The SMILES string of the molecule is CC(C)(C)NCc1cnn(-c2ccccc2)c1. The highest BCUT2D eigenvalue weighted by atomic mass is 15.3. The second-order valence-corrected chi connectivity index (χ2v) is 5.23. The molecule has 90 valence electrons. The molecule has 0 unspecified atom stereocenters. The molecular weight excluding hydrogens is 210 g/mol. The molecule has 1 N–H and O–H groups in total. The van der Waals surface area contributed by atoms with Crippen molar-refractivity contribution >= 4 is 0 Å². The molecule has 0 aliphatic heterocycles. The molecule has 0 spiro atoms. The lowest BCUT2D eigenvalue weighted by Gasteiger charge is -2.19. The topological polar surface area (TPSA) is 29.9 Å². The summed E-state index contributed by atoms with van der Waals surface area (Å²) in [6, 6.07) is 10.1. The van der Waals surface area contributed by atoms with Crippen LogP contribution in [0.5, 0.6) is 0 Å². The minimum Gasteiger partial charge on any atom is -0.308 e. The van der Waals surface area contributed by atoms with E-state index in [-0.39, 0.29) is 5.54 Å². The quantitative estimate of drug-likeness (QED) is 0.877. The zero-order valence-electron chi connectivity index (χ0n) is 10.6. The molecule has 0 fully saturated rings. The molecule has 0 atom stereocenters. The summed E-state index contributed by atoms with van der Waals surface area (Å²) in [7, 11) is 0. The number of nitrogens with one attached hydrogen (secondary N) is 1. The van der Waals surface area contributed by atoms with Crippen LogP contribution in [0, 0.1) is 0 Å². The molecule has 0 saturated carbocycles. The Kier molecular flexibility index (Phi) is 3.29. The third-order valence-corrected chi connectivity index (χ3v) is 2.48. The van der Waals surface area contributed by atoms with Gasteiger partial charge in [-0.3, -0.25) is 0 Å². The van der Waals surface area contributed by atoms with E-state index in [1.807, 2.05) is 41.2 Å². The Hall–Kier alpha value is -1.61. The Morgan fingerprint density at radius 3 is 2.53 bits per heavy atom.